The van der Waals surface area contributed by atoms with Crippen LogP contribution in [0.2, 0.25) is 0 Å². The molecule has 3 N–H and O–H groups in total. The molecular formula is C12H17N3O3S. The molecule has 1 aromatic rings. The van der Waals surface area contributed by atoms with Crippen molar-refractivity contribution in [1.82, 2.24) is 9.88 Å². The van der Waals surface area contributed by atoms with Crippen LogP contribution in [0.1, 0.15) is 47.7 Å². The van der Waals surface area contributed by atoms with Gasteiger partial charge in [-0.3, -0.25) is 4.79 Å². The third-order valence-electron chi connectivity index (χ3n) is 3.18. The molecule has 104 valence electrons. The molecule has 2 heterocycles. The van der Waals surface area contributed by atoms with E-state index in [4.69, 9.17) is 10.8 Å². The van der Waals surface area contributed by atoms with E-state index in [1.165, 1.54) is 16.2 Å². The summed E-state index contributed by atoms with van der Waals surface area (Å²) < 4.78 is 0. The monoisotopic (exact) mass is 283 g/mol. The first kappa shape index (κ1) is 14.0. The van der Waals surface area contributed by atoms with Gasteiger partial charge in [-0.15, -0.1) is 11.3 Å². The number of carbonyl (C=O) groups excluding carboxylic acids is 1. The zero-order valence-corrected chi connectivity index (χ0v) is 11.5. The molecule has 0 aromatic carbocycles. The summed E-state index contributed by atoms with van der Waals surface area (Å²) in [5.41, 5.74) is 6.01. The molecule has 2 unspecified atom stereocenters. The number of thiazole rings is 1. The summed E-state index contributed by atoms with van der Waals surface area (Å²) in [5.74, 6) is -1.26. The lowest BCUT2D eigenvalue weighted by Gasteiger charge is -2.32. The standard InChI is InChI=1S/C12H17N3O3S/c1-7(13)10-14-8(6-19-10)11(16)15-5-3-2-4-9(15)12(17)18/h6-7,9H,2-5,13H2,1H3,(H,17,18). The van der Waals surface area contributed by atoms with Gasteiger partial charge in [0.15, 0.2) is 0 Å². The third-order valence-corrected chi connectivity index (χ3v) is 4.22. The van der Waals surface area contributed by atoms with E-state index in [0.717, 1.165) is 12.8 Å². The highest BCUT2D eigenvalue weighted by Crippen LogP contribution is 2.22. The molecule has 1 fully saturated rings. The Morgan fingerprint density at radius 3 is 2.89 bits per heavy atom. The molecule has 0 radical (unpaired) electrons. The molecule has 2 rings (SSSR count). The topological polar surface area (TPSA) is 96.5 Å². The third kappa shape index (κ3) is 2.93. The molecule has 1 aromatic heterocycles. The van der Waals surface area contributed by atoms with Gasteiger partial charge in [-0.1, -0.05) is 0 Å². The Balaban J connectivity index is 2.18. The van der Waals surface area contributed by atoms with Crippen molar-refractivity contribution in [3.8, 4) is 0 Å². The fraction of sp³-hybridized carbons (Fsp3) is 0.583. The van der Waals surface area contributed by atoms with Crippen LogP contribution in [0, 0.1) is 0 Å². The molecular weight excluding hydrogens is 266 g/mol. The Hall–Kier alpha value is -1.47. The fourth-order valence-electron chi connectivity index (χ4n) is 2.17. The van der Waals surface area contributed by atoms with Crippen LogP contribution in [0.4, 0.5) is 0 Å². The largest absolute Gasteiger partial charge is 0.480 e. The maximum absolute atomic E-state index is 12.3. The van der Waals surface area contributed by atoms with Crippen LogP contribution in [0.5, 0.6) is 0 Å². The highest BCUT2D eigenvalue weighted by Gasteiger charge is 2.33. The number of nitrogens with two attached hydrogens (primary N) is 1. The van der Waals surface area contributed by atoms with Gasteiger partial charge in [0, 0.05) is 11.9 Å². The Morgan fingerprint density at radius 1 is 1.58 bits per heavy atom. The number of rotatable bonds is 3. The van der Waals surface area contributed by atoms with Crippen molar-refractivity contribution in [3.63, 3.8) is 0 Å². The van der Waals surface area contributed by atoms with Crippen LogP contribution in [0.25, 0.3) is 0 Å². The van der Waals surface area contributed by atoms with Gasteiger partial charge >= 0.3 is 5.97 Å². The van der Waals surface area contributed by atoms with Crippen molar-refractivity contribution < 1.29 is 14.7 Å². The van der Waals surface area contributed by atoms with Gasteiger partial charge in [-0.05, 0) is 26.2 Å². The second-order valence-corrected chi connectivity index (χ2v) is 5.60. The lowest BCUT2D eigenvalue weighted by Crippen LogP contribution is -2.48. The molecule has 6 nitrogen and oxygen atoms in total. The van der Waals surface area contributed by atoms with E-state index in [1.54, 1.807) is 12.3 Å². The van der Waals surface area contributed by atoms with Crippen LogP contribution >= 0.6 is 11.3 Å². The van der Waals surface area contributed by atoms with Crippen LogP contribution in [0.15, 0.2) is 5.38 Å². The maximum Gasteiger partial charge on any atom is 0.326 e. The molecule has 1 aliphatic rings. The Kier molecular flexibility index (Phi) is 4.16. The first-order valence-electron chi connectivity index (χ1n) is 6.25. The quantitative estimate of drug-likeness (QED) is 0.870. The van der Waals surface area contributed by atoms with Crippen LogP contribution < -0.4 is 5.73 Å². The maximum atomic E-state index is 12.3. The predicted octanol–water partition coefficient (Wildman–Crippen LogP) is 1.24. The average Bonchev–Trinajstić information content (AvgIpc) is 2.87. The minimum absolute atomic E-state index is 0.219. The van der Waals surface area contributed by atoms with Crippen molar-refractivity contribution in [2.45, 2.75) is 38.3 Å². The molecule has 0 spiro atoms. The van der Waals surface area contributed by atoms with Crippen molar-refractivity contribution in [2.24, 2.45) is 5.73 Å². The van der Waals surface area contributed by atoms with Gasteiger partial charge in [0.25, 0.3) is 5.91 Å². The first-order valence-corrected chi connectivity index (χ1v) is 7.13. The molecule has 7 heteroatoms. The molecule has 0 bridgehead atoms. The second kappa shape index (κ2) is 5.66. The summed E-state index contributed by atoms with van der Waals surface area (Å²) in [6.07, 6.45) is 2.17. The fourth-order valence-corrected chi connectivity index (χ4v) is 2.93. The lowest BCUT2D eigenvalue weighted by molar-refractivity contribution is -0.143. The minimum atomic E-state index is -0.948. The number of hydrogen-bond donors (Lipinski definition) is 2. The molecule has 1 amide bonds. The van der Waals surface area contributed by atoms with E-state index in [-0.39, 0.29) is 11.9 Å². The summed E-state index contributed by atoms with van der Waals surface area (Å²) in [7, 11) is 0. The van der Waals surface area contributed by atoms with Gasteiger partial charge < -0.3 is 15.7 Å². The molecule has 2 atom stereocenters. The van der Waals surface area contributed by atoms with E-state index >= 15 is 0 Å². The number of aromatic nitrogens is 1. The number of aliphatic carboxylic acids is 1. The summed E-state index contributed by atoms with van der Waals surface area (Å²) in [6, 6.07) is -0.954. The number of carboxylic acid groups (broad SMARTS) is 1. The zero-order valence-electron chi connectivity index (χ0n) is 10.7. The zero-order chi connectivity index (χ0) is 14.0. The summed E-state index contributed by atoms with van der Waals surface area (Å²) in [4.78, 5) is 29.1. The van der Waals surface area contributed by atoms with Gasteiger partial charge in [0.1, 0.15) is 16.7 Å². The van der Waals surface area contributed by atoms with Gasteiger partial charge in [-0.2, -0.15) is 0 Å². The second-order valence-electron chi connectivity index (χ2n) is 4.71. The molecule has 1 aliphatic heterocycles. The van der Waals surface area contributed by atoms with Crippen LogP contribution in [0.3, 0.4) is 0 Å². The lowest BCUT2D eigenvalue weighted by atomic mass is 10.0. The molecule has 0 aliphatic carbocycles. The highest BCUT2D eigenvalue weighted by atomic mass is 32.1. The number of carboxylic acids is 1. The van der Waals surface area contributed by atoms with E-state index < -0.39 is 12.0 Å². The van der Waals surface area contributed by atoms with Crippen molar-refractivity contribution >= 4 is 23.2 Å². The summed E-state index contributed by atoms with van der Waals surface area (Å²) >= 11 is 1.33. The first-order chi connectivity index (χ1) is 9.00. The Morgan fingerprint density at radius 2 is 2.32 bits per heavy atom. The van der Waals surface area contributed by atoms with Crippen molar-refractivity contribution in [1.29, 1.82) is 0 Å². The summed E-state index contributed by atoms with van der Waals surface area (Å²) in [5, 5.41) is 11.5. The molecule has 0 saturated carbocycles. The van der Waals surface area contributed by atoms with Crippen LogP contribution in [-0.2, 0) is 4.79 Å². The Labute approximate surface area is 115 Å². The number of amides is 1. The van der Waals surface area contributed by atoms with E-state index in [0.29, 0.717) is 23.7 Å². The van der Waals surface area contributed by atoms with Gasteiger partial charge in [-0.25, -0.2) is 9.78 Å². The van der Waals surface area contributed by atoms with E-state index in [2.05, 4.69) is 4.98 Å². The predicted molar refractivity (Wildman–Crippen MR) is 71.0 cm³/mol. The highest BCUT2D eigenvalue weighted by molar-refractivity contribution is 7.09. The van der Waals surface area contributed by atoms with Gasteiger partial charge in [0.2, 0.25) is 0 Å². The molecule has 1 saturated heterocycles. The number of hydrogen-bond acceptors (Lipinski definition) is 5. The number of carbonyl (C=O) groups is 2. The number of likely N-dealkylation sites (tertiary alicyclic amines) is 1. The summed E-state index contributed by atoms with van der Waals surface area (Å²) in [6.45, 7) is 2.27. The number of nitrogens with zero attached hydrogens (tertiary/aromatic N) is 2. The normalized spacial score (nSPS) is 21.2. The smallest absolute Gasteiger partial charge is 0.326 e. The van der Waals surface area contributed by atoms with E-state index in [9.17, 15) is 9.59 Å². The number of piperidine rings is 1. The average molecular weight is 283 g/mol. The van der Waals surface area contributed by atoms with Crippen molar-refractivity contribution in [2.75, 3.05) is 6.54 Å². The molecule has 19 heavy (non-hydrogen) atoms. The minimum Gasteiger partial charge on any atom is -0.480 e. The van der Waals surface area contributed by atoms with Gasteiger partial charge in [0.05, 0.1) is 6.04 Å². The van der Waals surface area contributed by atoms with Crippen molar-refractivity contribution in [3.05, 3.63) is 16.1 Å². The Bertz CT molecular complexity index is 486. The SMILES string of the molecule is CC(N)c1nc(C(=O)N2CCCCC2C(=O)O)cs1. The van der Waals surface area contributed by atoms with E-state index in [1.807, 2.05) is 0 Å². The van der Waals surface area contributed by atoms with Crippen LogP contribution in [-0.4, -0.2) is 39.5 Å².